The van der Waals surface area contributed by atoms with Crippen LogP contribution in [0.1, 0.15) is 37.3 Å². The van der Waals surface area contributed by atoms with Gasteiger partial charge in [0.1, 0.15) is 0 Å². The normalized spacial score (nSPS) is 20.6. The lowest BCUT2D eigenvalue weighted by Gasteiger charge is -2.33. The number of amides is 2. The zero-order chi connectivity index (χ0) is 20.1. The molecule has 1 N–H and O–H groups in total. The molecular formula is C22H27N5O2. The van der Waals surface area contributed by atoms with E-state index >= 15 is 0 Å². The summed E-state index contributed by atoms with van der Waals surface area (Å²) in [5.41, 5.74) is 1.03. The van der Waals surface area contributed by atoms with E-state index in [-0.39, 0.29) is 23.8 Å². The lowest BCUT2D eigenvalue weighted by molar-refractivity contribution is -0.130. The van der Waals surface area contributed by atoms with Gasteiger partial charge in [0.2, 0.25) is 17.8 Å². The number of piperidine rings is 1. The Balaban J connectivity index is 1.45. The number of hydrogen-bond donors (Lipinski definition) is 1. The van der Waals surface area contributed by atoms with E-state index in [1.54, 1.807) is 18.5 Å². The molecule has 2 aliphatic heterocycles. The van der Waals surface area contributed by atoms with Crippen LogP contribution >= 0.6 is 0 Å². The Hall–Kier alpha value is -2.96. The highest BCUT2D eigenvalue weighted by Crippen LogP contribution is 2.23. The minimum Gasteiger partial charge on any atom is -0.347 e. The highest BCUT2D eigenvalue weighted by atomic mass is 16.2. The van der Waals surface area contributed by atoms with E-state index in [1.165, 1.54) is 0 Å². The van der Waals surface area contributed by atoms with Gasteiger partial charge in [-0.15, -0.1) is 0 Å². The van der Waals surface area contributed by atoms with Crippen molar-refractivity contribution in [3.63, 3.8) is 0 Å². The lowest BCUT2D eigenvalue weighted by Crippen LogP contribution is -2.46. The summed E-state index contributed by atoms with van der Waals surface area (Å²) in [5, 5.41) is 3.22. The van der Waals surface area contributed by atoms with Crippen molar-refractivity contribution >= 4 is 17.8 Å². The third kappa shape index (κ3) is 4.72. The number of carbonyl (C=O) groups excluding carboxylic acids is 2. The fourth-order valence-electron chi connectivity index (χ4n) is 4.15. The Morgan fingerprint density at radius 2 is 1.90 bits per heavy atom. The number of anilines is 1. The molecule has 2 atom stereocenters. The van der Waals surface area contributed by atoms with Gasteiger partial charge in [0, 0.05) is 45.0 Å². The molecule has 7 nitrogen and oxygen atoms in total. The van der Waals surface area contributed by atoms with Gasteiger partial charge in [-0.3, -0.25) is 9.59 Å². The first-order valence-electron chi connectivity index (χ1n) is 10.4. The topological polar surface area (TPSA) is 78.4 Å². The Morgan fingerprint density at radius 1 is 1.10 bits per heavy atom. The molecule has 7 heteroatoms. The van der Waals surface area contributed by atoms with Crippen molar-refractivity contribution in [1.82, 2.24) is 20.2 Å². The van der Waals surface area contributed by atoms with Crippen LogP contribution in [0.25, 0.3) is 0 Å². The molecule has 0 radical (unpaired) electrons. The molecule has 0 spiro atoms. The number of benzene rings is 1. The molecule has 152 valence electrons. The van der Waals surface area contributed by atoms with Crippen molar-refractivity contribution in [3.05, 3.63) is 54.4 Å². The van der Waals surface area contributed by atoms with Crippen molar-refractivity contribution in [2.45, 2.75) is 31.7 Å². The average Bonchev–Trinajstić information content (AvgIpc) is 3.19. The van der Waals surface area contributed by atoms with Gasteiger partial charge in [-0.1, -0.05) is 30.3 Å². The third-order valence-electron chi connectivity index (χ3n) is 5.72. The third-order valence-corrected chi connectivity index (χ3v) is 5.72. The molecule has 1 aromatic carbocycles. The molecule has 4 rings (SSSR count). The van der Waals surface area contributed by atoms with E-state index in [9.17, 15) is 9.59 Å². The van der Waals surface area contributed by atoms with Crippen LogP contribution in [-0.2, 0) is 9.59 Å². The van der Waals surface area contributed by atoms with Crippen LogP contribution < -0.4 is 10.2 Å². The van der Waals surface area contributed by atoms with Crippen LogP contribution in [0.2, 0.25) is 0 Å². The molecule has 2 amide bonds. The molecule has 0 saturated carbocycles. The maximum Gasteiger partial charge on any atom is 0.225 e. The number of nitrogens with zero attached hydrogens (tertiary/aromatic N) is 4. The monoisotopic (exact) mass is 393 g/mol. The van der Waals surface area contributed by atoms with Crippen LogP contribution in [-0.4, -0.2) is 52.9 Å². The SMILES string of the molecule is O=C(NC(CN1CCCC1=O)c1ccccc1)C1CCCN(c2ncccn2)C1. The highest BCUT2D eigenvalue weighted by molar-refractivity contribution is 5.80. The number of carbonyl (C=O) groups is 2. The molecule has 2 aliphatic rings. The van der Waals surface area contributed by atoms with Gasteiger partial charge in [-0.2, -0.15) is 0 Å². The maximum atomic E-state index is 13.1. The number of likely N-dealkylation sites (tertiary alicyclic amines) is 1. The Morgan fingerprint density at radius 3 is 2.62 bits per heavy atom. The number of aromatic nitrogens is 2. The molecule has 0 aliphatic carbocycles. The van der Waals surface area contributed by atoms with Crippen molar-refractivity contribution in [3.8, 4) is 0 Å². The second-order valence-corrected chi connectivity index (χ2v) is 7.75. The summed E-state index contributed by atoms with van der Waals surface area (Å²) in [4.78, 5) is 37.8. The summed E-state index contributed by atoms with van der Waals surface area (Å²) in [6, 6.07) is 11.5. The summed E-state index contributed by atoms with van der Waals surface area (Å²) >= 11 is 0. The first-order valence-corrected chi connectivity index (χ1v) is 10.4. The van der Waals surface area contributed by atoms with Gasteiger partial charge in [0.25, 0.3) is 0 Å². The lowest BCUT2D eigenvalue weighted by atomic mass is 9.96. The van der Waals surface area contributed by atoms with Gasteiger partial charge < -0.3 is 15.1 Å². The minimum absolute atomic E-state index is 0.0335. The predicted octanol–water partition coefficient (Wildman–Crippen LogP) is 2.17. The van der Waals surface area contributed by atoms with Crippen molar-refractivity contribution in [1.29, 1.82) is 0 Å². The smallest absolute Gasteiger partial charge is 0.225 e. The predicted molar refractivity (Wildman–Crippen MR) is 110 cm³/mol. The van der Waals surface area contributed by atoms with Crippen LogP contribution in [0.15, 0.2) is 48.8 Å². The van der Waals surface area contributed by atoms with Crippen molar-refractivity contribution in [2.24, 2.45) is 5.92 Å². The molecule has 3 heterocycles. The van der Waals surface area contributed by atoms with E-state index in [0.717, 1.165) is 37.9 Å². The second-order valence-electron chi connectivity index (χ2n) is 7.75. The van der Waals surface area contributed by atoms with Crippen molar-refractivity contribution in [2.75, 3.05) is 31.1 Å². The second kappa shape index (κ2) is 9.03. The Labute approximate surface area is 171 Å². The minimum atomic E-state index is -0.200. The Bertz CT molecular complexity index is 830. The molecule has 29 heavy (non-hydrogen) atoms. The zero-order valence-corrected chi connectivity index (χ0v) is 16.5. The zero-order valence-electron chi connectivity index (χ0n) is 16.5. The largest absolute Gasteiger partial charge is 0.347 e. The molecule has 0 bridgehead atoms. The average molecular weight is 393 g/mol. The summed E-state index contributed by atoms with van der Waals surface area (Å²) in [6.45, 7) is 2.76. The summed E-state index contributed by atoms with van der Waals surface area (Å²) in [5.74, 6) is 0.761. The van der Waals surface area contributed by atoms with Gasteiger partial charge in [0.15, 0.2) is 0 Å². The summed E-state index contributed by atoms with van der Waals surface area (Å²) in [7, 11) is 0. The first kappa shape index (κ1) is 19.4. The van der Waals surface area contributed by atoms with E-state index in [0.29, 0.717) is 25.5 Å². The quantitative estimate of drug-likeness (QED) is 0.814. The summed E-state index contributed by atoms with van der Waals surface area (Å²) < 4.78 is 0. The van der Waals surface area contributed by atoms with Gasteiger partial charge >= 0.3 is 0 Å². The van der Waals surface area contributed by atoms with Crippen LogP contribution in [0.4, 0.5) is 5.95 Å². The maximum absolute atomic E-state index is 13.1. The first-order chi connectivity index (χ1) is 14.2. The molecule has 2 aromatic rings. The van der Waals surface area contributed by atoms with Gasteiger partial charge in [-0.25, -0.2) is 9.97 Å². The standard InChI is InChI=1S/C22H27N5O2/c28-20-10-5-13-26(20)16-19(17-7-2-1-3-8-17)25-21(29)18-9-4-14-27(15-18)22-23-11-6-12-24-22/h1-3,6-8,11-12,18-19H,4-5,9-10,13-16H2,(H,25,29). The molecule has 1 aromatic heterocycles. The fraction of sp³-hybridized carbons (Fsp3) is 0.455. The number of hydrogen-bond acceptors (Lipinski definition) is 5. The highest BCUT2D eigenvalue weighted by Gasteiger charge is 2.30. The van der Waals surface area contributed by atoms with Gasteiger partial charge in [-0.05, 0) is 30.9 Å². The van der Waals surface area contributed by atoms with E-state index in [1.807, 2.05) is 35.2 Å². The summed E-state index contributed by atoms with van der Waals surface area (Å²) in [6.07, 6.45) is 6.72. The fourth-order valence-corrected chi connectivity index (χ4v) is 4.15. The number of nitrogens with one attached hydrogen (secondary N) is 1. The molecule has 2 unspecified atom stereocenters. The van der Waals surface area contributed by atoms with Crippen LogP contribution in [0, 0.1) is 5.92 Å². The Kier molecular flexibility index (Phi) is 6.03. The number of rotatable bonds is 6. The molecule has 2 fully saturated rings. The molecular weight excluding hydrogens is 366 g/mol. The van der Waals surface area contributed by atoms with Crippen LogP contribution in [0.3, 0.4) is 0 Å². The van der Waals surface area contributed by atoms with E-state index in [4.69, 9.17) is 0 Å². The van der Waals surface area contributed by atoms with Gasteiger partial charge in [0.05, 0.1) is 12.0 Å². The molecule has 2 saturated heterocycles. The van der Waals surface area contributed by atoms with E-state index in [2.05, 4.69) is 20.2 Å². The van der Waals surface area contributed by atoms with E-state index < -0.39 is 0 Å². The van der Waals surface area contributed by atoms with Crippen molar-refractivity contribution < 1.29 is 9.59 Å². The van der Waals surface area contributed by atoms with Crippen LogP contribution in [0.5, 0.6) is 0 Å².